The van der Waals surface area contributed by atoms with Gasteiger partial charge in [-0.05, 0) is 59.3 Å². The van der Waals surface area contributed by atoms with Gasteiger partial charge in [0, 0.05) is 14.8 Å². The second-order valence-electron chi connectivity index (χ2n) is 4.36. The zero-order valence-corrected chi connectivity index (χ0v) is 13.5. The number of para-hydroxylation sites is 1. The number of aryl methyl sites for hydroxylation is 1. The average Bonchev–Trinajstić information content (AvgIpc) is 2.48. The highest BCUT2D eigenvalue weighted by Crippen LogP contribution is 2.13. The van der Waals surface area contributed by atoms with E-state index in [1.807, 2.05) is 31.2 Å². The molecule has 0 saturated heterocycles. The van der Waals surface area contributed by atoms with Crippen molar-refractivity contribution >= 4 is 40.2 Å². The van der Waals surface area contributed by atoms with Gasteiger partial charge in [0.2, 0.25) is 0 Å². The number of hydrogen-bond acceptors (Lipinski definition) is 2. The smallest absolute Gasteiger partial charge is 0.307 e. The summed E-state index contributed by atoms with van der Waals surface area (Å²) in [6.45, 7) is 1.97. The predicted octanol–water partition coefficient (Wildman–Crippen LogP) is 3.07. The molecule has 0 aliphatic heterocycles. The van der Waals surface area contributed by atoms with Crippen LogP contribution in [0.5, 0.6) is 0 Å². The number of halogens is 1. The van der Waals surface area contributed by atoms with Crippen LogP contribution in [0, 0.1) is 10.5 Å². The van der Waals surface area contributed by atoms with Crippen LogP contribution in [0.4, 0.5) is 10.5 Å². The van der Waals surface area contributed by atoms with Gasteiger partial charge in [-0.3, -0.25) is 10.2 Å². The molecular formula is C15H14IN3O2. The van der Waals surface area contributed by atoms with Crippen LogP contribution in [-0.4, -0.2) is 11.9 Å². The normalized spacial score (nSPS) is 9.81. The second kappa shape index (κ2) is 7.07. The Hall–Kier alpha value is -2.09. The minimum atomic E-state index is -0.503. The van der Waals surface area contributed by atoms with Gasteiger partial charge in [-0.1, -0.05) is 24.3 Å². The average molecular weight is 395 g/mol. The van der Waals surface area contributed by atoms with E-state index in [-0.39, 0.29) is 5.91 Å². The van der Waals surface area contributed by atoms with E-state index in [2.05, 4.69) is 38.8 Å². The number of amides is 3. The fourth-order valence-electron chi connectivity index (χ4n) is 1.60. The van der Waals surface area contributed by atoms with Crippen LogP contribution in [0.15, 0.2) is 48.5 Å². The van der Waals surface area contributed by atoms with Gasteiger partial charge in [0.15, 0.2) is 0 Å². The van der Waals surface area contributed by atoms with E-state index in [9.17, 15) is 9.59 Å². The van der Waals surface area contributed by atoms with Crippen molar-refractivity contribution in [1.82, 2.24) is 10.9 Å². The van der Waals surface area contributed by atoms with Crippen molar-refractivity contribution in [2.45, 2.75) is 6.92 Å². The summed E-state index contributed by atoms with van der Waals surface area (Å²) in [5, 5.41) is 2.60. The summed E-state index contributed by atoms with van der Waals surface area (Å²) in [4.78, 5) is 23.5. The number of urea groups is 1. The lowest BCUT2D eigenvalue weighted by Gasteiger charge is -2.09. The van der Waals surface area contributed by atoms with Gasteiger partial charge >= 0.3 is 6.03 Å². The van der Waals surface area contributed by atoms with E-state index in [1.165, 1.54) is 0 Å². The molecule has 0 bridgehead atoms. The fraction of sp³-hybridized carbons (Fsp3) is 0.0667. The number of carbonyl (C=O) groups is 2. The molecule has 0 spiro atoms. The number of nitrogens with one attached hydrogen (secondary N) is 3. The monoisotopic (exact) mass is 395 g/mol. The Bertz CT molecular complexity index is 659. The highest BCUT2D eigenvalue weighted by atomic mass is 127. The maximum absolute atomic E-state index is 11.9. The standard InChI is InChI=1S/C15H14IN3O2/c1-10-7-8-11(9-13(10)16)14(20)18-19-15(21)17-12-5-3-2-4-6-12/h2-9H,1H3,(H,18,20)(H2,17,19,21). The Kier molecular flexibility index (Phi) is 5.15. The van der Waals surface area contributed by atoms with Crippen LogP contribution in [0.2, 0.25) is 0 Å². The molecule has 3 amide bonds. The molecule has 3 N–H and O–H groups in total. The summed E-state index contributed by atoms with van der Waals surface area (Å²) in [7, 11) is 0. The van der Waals surface area contributed by atoms with Crippen LogP contribution in [-0.2, 0) is 0 Å². The maximum atomic E-state index is 11.9. The van der Waals surface area contributed by atoms with Gasteiger partial charge in [0.25, 0.3) is 5.91 Å². The van der Waals surface area contributed by atoms with Crippen molar-refractivity contribution in [2.24, 2.45) is 0 Å². The van der Waals surface area contributed by atoms with Crippen molar-refractivity contribution in [2.75, 3.05) is 5.32 Å². The molecule has 0 radical (unpaired) electrons. The van der Waals surface area contributed by atoms with Gasteiger partial charge in [-0.25, -0.2) is 10.2 Å². The lowest BCUT2D eigenvalue weighted by atomic mass is 10.1. The van der Waals surface area contributed by atoms with E-state index in [1.54, 1.807) is 24.3 Å². The molecule has 2 aromatic rings. The molecule has 0 aliphatic carbocycles. The van der Waals surface area contributed by atoms with Crippen molar-refractivity contribution < 1.29 is 9.59 Å². The van der Waals surface area contributed by atoms with E-state index in [4.69, 9.17) is 0 Å². The fourth-order valence-corrected chi connectivity index (χ4v) is 2.12. The third kappa shape index (κ3) is 4.45. The Morgan fingerprint density at radius 3 is 2.38 bits per heavy atom. The molecule has 2 rings (SSSR count). The first kappa shape index (κ1) is 15.3. The molecule has 21 heavy (non-hydrogen) atoms. The molecule has 0 atom stereocenters. The topological polar surface area (TPSA) is 70.2 Å². The molecule has 6 heteroatoms. The lowest BCUT2D eigenvalue weighted by molar-refractivity contribution is 0.0938. The number of hydrogen-bond donors (Lipinski definition) is 3. The highest BCUT2D eigenvalue weighted by Gasteiger charge is 2.08. The van der Waals surface area contributed by atoms with E-state index < -0.39 is 6.03 Å². The minimum Gasteiger partial charge on any atom is -0.307 e. The first-order chi connectivity index (χ1) is 10.1. The summed E-state index contributed by atoms with van der Waals surface area (Å²) in [6, 6.07) is 13.8. The van der Waals surface area contributed by atoms with Crippen molar-refractivity contribution in [3.8, 4) is 0 Å². The van der Waals surface area contributed by atoms with Crippen LogP contribution < -0.4 is 16.2 Å². The van der Waals surface area contributed by atoms with Crippen molar-refractivity contribution in [3.63, 3.8) is 0 Å². The molecule has 0 aliphatic rings. The van der Waals surface area contributed by atoms with Crippen LogP contribution in [0.1, 0.15) is 15.9 Å². The molecule has 0 unspecified atom stereocenters. The van der Waals surface area contributed by atoms with Gasteiger partial charge in [-0.2, -0.15) is 0 Å². The van der Waals surface area contributed by atoms with Crippen LogP contribution in [0.25, 0.3) is 0 Å². The van der Waals surface area contributed by atoms with E-state index >= 15 is 0 Å². The SMILES string of the molecule is Cc1ccc(C(=O)NNC(=O)Nc2ccccc2)cc1I. The third-order valence-corrected chi connectivity index (χ3v) is 3.92. The highest BCUT2D eigenvalue weighted by molar-refractivity contribution is 14.1. The van der Waals surface area contributed by atoms with Crippen molar-refractivity contribution in [3.05, 3.63) is 63.2 Å². The van der Waals surface area contributed by atoms with Crippen molar-refractivity contribution in [1.29, 1.82) is 0 Å². The van der Waals surface area contributed by atoms with Gasteiger partial charge in [0.1, 0.15) is 0 Å². The molecule has 0 aromatic heterocycles. The summed E-state index contributed by atoms with van der Waals surface area (Å²) in [5.41, 5.74) is 6.91. The second-order valence-corrected chi connectivity index (χ2v) is 5.53. The first-order valence-corrected chi connectivity index (χ1v) is 7.32. The number of anilines is 1. The quantitative estimate of drug-likeness (QED) is 0.541. The largest absolute Gasteiger partial charge is 0.337 e. The minimum absolute atomic E-state index is 0.365. The summed E-state index contributed by atoms with van der Waals surface area (Å²) < 4.78 is 0.994. The third-order valence-electron chi connectivity index (χ3n) is 2.76. The zero-order chi connectivity index (χ0) is 15.2. The Labute approximate surface area is 136 Å². The summed E-state index contributed by atoms with van der Waals surface area (Å²) in [5.74, 6) is -0.365. The first-order valence-electron chi connectivity index (χ1n) is 6.25. The Morgan fingerprint density at radius 1 is 1.00 bits per heavy atom. The number of rotatable bonds is 2. The van der Waals surface area contributed by atoms with Gasteiger partial charge in [-0.15, -0.1) is 0 Å². The summed E-state index contributed by atoms with van der Waals surface area (Å²) >= 11 is 2.16. The number of carbonyl (C=O) groups excluding carboxylic acids is 2. The Balaban J connectivity index is 1.89. The molecule has 0 saturated carbocycles. The van der Waals surface area contributed by atoms with Crippen LogP contribution in [0.3, 0.4) is 0 Å². The number of benzene rings is 2. The molecule has 5 nitrogen and oxygen atoms in total. The summed E-state index contributed by atoms with van der Waals surface area (Å²) in [6.07, 6.45) is 0. The van der Waals surface area contributed by atoms with Gasteiger partial charge < -0.3 is 5.32 Å². The molecule has 2 aromatic carbocycles. The lowest BCUT2D eigenvalue weighted by Crippen LogP contribution is -2.43. The predicted molar refractivity (Wildman–Crippen MR) is 90.0 cm³/mol. The van der Waals surface area contributed by atoms with Gasteiger partial charge in [0.05, 0.1) is 0 Å². The maximum Gasteiger partial charge on any atom is 0.337 e. The molecule has 108 valence electrons. The number of hydrazine groups is 1. The van der Waals surface area contributed by atoms with E-state index in [0.29, 0.717) is 11.3 Å². The Morgan fingerprint density at radius 2 is 1.71 bits per heavy atom. The molecule has 0 fully saturated rings. The zero-order valence-electron chi connectivity index (χ0n) is 11.3. The molecular weight excluding hydrogens is 381 g/mol. The van der Waals surface area contributed by atoms with E-state index in [0.717, 1.165) is 9.13 Å². The van der Waals surface area contributed by atoms with Crippen LogP contribution >= 0.6 is 22.6 Å². The molecule has 0 heterocycles.